The number of hydrogen-bond donors (Lipinski definition) is 2. The van der Waals surface area contributed by atoms with Crippen molar-refractivity contribution in [3.05, 3.63) is 41.4 Å². The molecule has 1 heterocycles. The number of nitrogens with one attached hydrogen (secondary N) is 1. The summed E-state index contributed by atoms with van der Waals surface area (Å²) in [5, 5.41) is 15.3. The van der Waals surface area contributed by atoms with Crippen LogP contribution in [0.1, 0.15) is 17.4 Å². The molecule has 0 bridgehead atoms. The summed E-state index contributed by atoms with van der Waals surface area (Å²) < 4.78 is 0. The highest BCUT2D eigenvalue weighted by Gasteiger charge is 2.21. The molecule has 0 unspecified atom stereocenters. The van der Waals surface area contributed by atoms with Crippen molar-refractivity contribution in [1.29, 1.82) is 0 Å². The number of thioether (sulfide) groups is 1. The number of rotatable bonds is 6. The molecule has 0 saturated heterocycles. The van der Waals surface area contributed by atoms with Gasteiger partial charge in [0.2, 0.25) is 0 Å². The van der Waals surface area contributed by atoms with Crippen LogP contribution in [0.2, 0.25) is 0 Å². The van der Waals surface area contributed by atoms with E-state index in [2.05, 4.69) is 10.3 Å². The van der Waals surface area contributed by atoms with Crippen molar-refractivity contribution in [1.82, 2.24) is 10.3 Å². The lowest BCUT2D eigenvalue weighted by molar-refractivity contribution is 0.0723. The molecule has 0 radical (unpaired) electrons. The second-order valence-electron chi connectivity index (χ2n) is 5.02. The number of aromatic nitrogens is 1. The lowest BCUT2D eigenvalue weighted by atomic mass is 10.1. The first-order valence-corrected chi connectivity index (χ1v) is 8.80. The summed E-state index contributed by atoms with van der Waals surface area (Å²) in [7, 11) is 0. The van der Waals surface area contributed by atoms with Crippen LogP contribution < -0.4 is 5.32 Å². The SMILES string of the molecule is CSC[C@@](C)(O)CNC(=O)c1csc(-c2ccccc2)n1. The molecule has 0 spiro atoms. The number of benzene rings is 1. The normalized spacial score (nSPS) is 13.7. The van der Waals surface area contributed by atoms with Crippen LogP contribution in [0.15, 0.2) is 35.7 Å². The molecule has 21 heavy (non-hydrogen) atoms. The van der Waals surface area contributed by atoms with E-state index in [1.165, 1.54) is 11.3 Å². The summed E-state index contributed by atoms with van der Waals surface area (Å²) in [5.41, 5.74) is 0.475. The number of amides is 1. The Morgan fingerprint density at radius 3 is 2.81 bits per heavy atom. The van der Waals surface area contributed by atoms with Gasteiger partial charge in [-0.05, 0) is 13.2 Å². The zero-order valence-corrected chi connectivity index (χ0v) is 13.6. The van der Waals surface area contributed by atoms with E-state index >= 15 is 0 Å². The van der Waals surface area contributed by atoms with Crippen molar-refractivity contribution in [2.24, 2.45) is 0 Å². The van der Waals surface area contributed by atoms with Gasteiger partial charge < -0.3 is 10.4 Å². The predicted molar refractivity (Wildman–Crippen MR) is 88.9 cm³/mol. The smallest absolute Gasteiger partial charge is 0.270 e. The van der Waals surface area contributed by atoms with Gasteiger partial charge >= 0.3 is 0 Å². The predicted octanol–water partition coefficient (Wildman–Crippen LogP) is 2.65. The Morgan fingerprint density at radius 1 is 1.43 bits per heavy atom. The minimum absolute atomic E-state index is 0.213. The van der Waals surface area contributed by atoms with Gasteiger partial charge in [-0.15, -0.1) is 11.3 Å². The van der Waals surface area contributed by atoms with Gasteiger partial charge in [-0.1, -0.05) is 30.3 Å². The van der Waals surface area contributed by atoms with Gasteiger partial charge in [-0.3, -0.25) is 4.79 Å². The second kappa shape index (κ2) is 7.06. The molecule has 0 saturated carbocycles. The molecule has 0 aliphatic rings. The summed E-state index contributed by atoms with van der Waals surface area (Å²) in [6, 6.07) is 9.75. The number of hydrogen-bond acceptors (Lipinski definition) is 5. The largest absolute Gasteiger partial charge is 0.387 e. The fraction of sp³-hybridized carbons (Fsp3) is 0.333. The Kier molecular flexibility index (Phi) is 5.39. The van der Waals surface area contributed by atoms with Gasteiger partial charge in [0.1, 0.15) is 10.7 Å². The zero-order valence-electron chi connectivity index (χ0n) is 12.0. The number of nitrogens with zero attached hydrogens (tertiary/aromatic N) is 1. The van der Waals surface area contributed by atoms with Crippen molar-refractivity contribution in [3.8, 4) is 10.6 Å². The van der Waals surface area contributed by atoms with E-state index in [1.807, 2.05) is 36.6 Å². The lowest BCUT2D eigenvalue weighted by Gasteiger charge is -2.22. The van der Waals surface area contributed by atoms with Crippen LogP contribution in [0, 0.1) is 0 Å². The molecule has 1 atom stereocenters. The third-order valence-corrected chi connectivity index (χ3v) is 4.64. The van der Waals surface area contributed by atoms with E-state index in [-0.39, 0.29) is 12.5 Å². The second-order valence-corrected chi connectivity index (χ2v) is 6.74. The van der Waals surface area contributed by atoms with E-state index in [9.17, 15) is 9.90 Å². The van der Waals surface area contributed by atoms with Crippen molar-refractivity contribution in [3.63, 3.8) is 0 Å². The first-order chi connectivity index (χ1) is 10.0. The van der Waals surface area contributed by atoms with Crippen LogP contribution in [0.4, 0.5) is 0 Å². The number of carbonyl (C=O) groups excluding carboxylic acids is 1. The number of carbonyl (C=O) groups is 1. The molecule has 2 N–H and O–H groups in total. The van der Waals surface area contributed by atoms with Crippen LogP contribution in [0.5, 0.6) is 0 Å². The number of thiazole rings is 1. The number of aliphatic hydroxyl groups is 1. The van der Waals surface area contributed by atoms with Gasteiger partial charge in [-0.25, -0.2) is 4.98 Å². The fourth-order valence-corrected chi connectivity index (χ4v) is 3.34. The van der Waals surface area contributed by atoms with Gasteiger partial charge in [0.25, 0.3) is 5.91 Å². The molecule has 0 aliphatic carbocycles. The molecule has 0 aliphatic heterocycles. The van der Waals surface area contributed by atoms with E-state index in [0.29, 0.717) is 11.4 Å². The summed E-state index contributed by atoms with van der Waals surface area (Å²) in [6.45, 7) is 1.92. The maximum absolute atomic E-state index is 12.1. The van der Waals surface area contributed by atoms with Crippen molar-refractivity contribution >= 4 is 29.0 Å². The third-order valence-electron chi connectivity index (χ3n) is 2.84. The van der Waals surface area contributed by atoms with E-state index in [1.54, 1.807) is 24.1 Å². The molecular weight excluding hydrogens is 304 g/mol. The van der Waals surface area contributed by atoms with Crippen LogP contribution in [-0.2, 0) is 0 Å². The first-order valence-electron chi connectivity index (χ1n) is 6.52. The van der Waals surface area contributed by atoms with Gasteiger partial charge in [0.05, 0.1) is 5.60 Å². The Morgan fingerprint density at radius 2 is 2.14 bits per heavy atom. The fourth-order valence-electron chi connectivity index (χ4n) is 1.81. The standard InChI is InChI=1S/C15H18N2O2S2/c1-15(19,10-20-2)9-16-13(18)12-8-21-14(17-12)11-6-4-3-5-7-11/h3-8,19H,9-10H2,1-2H3,(H,16,18)/t15-/m0/s1. The molecule has 1 amide bonds. The molecule has 1 aromatic heterocycles. The topological polar surface area (TPSA) is 62.2 Å². The average molecular weight is 322 g/mol. The molecular formula is C15H18N2O2S2. The maximum Gasteiger partial charge on any atom is 0.270 e. The molecule has 112 valence electrons. The maximum atomic E-state index is 12.1. The summed E-state index contributed by atoms with van der Waals surface area (Å²) in [5.74, 6) is 0.314. The van der Waals surface area contributed by atoms with Gasteiger partial charge in [0, 0.05) is 23.2 Å². The van der Waals surface area contributed by atoms with Gasteiger partial charge in [0.15, 0.2) is 0 Å². The minimum atomic E-state index is -0.909. The van der Waals surface area contributed by atoms with Crippen LogP contribution in [0.25, 0.3) is 10.6 Å². The highest BCUT2D eigenvalue weighted by Crippen LogP contribution is 2.23. The van der Waals surface area contributed by atoms with Crippen molar-refractivity contribution < 1.29 is 9.90 Å². The van der Waals surface area contributed by atoms with E-state index in [0.717, 1.165) is 10.6 Å². The molecule has 2 rings (SSSR count). The third kappa shape index (κ3) is 4.56. The Labute approximate surface area is 132 Å². The summed E-state index contributed by atoms with van der Waals surface area (Å²) in [6.07, 6.45) is 1.92. The van der Waals surface area contributed by atoms with E-state index < -0.39 is 5.60 Å². The average Bonchev–Trinajstić information content (AvgIpc) is 2.96. The highest BCUT2D eigenvalue weighted by molar-refractivity contribution is 7.98. The van der Waals surface area contributed by atoms with Gasteiger partial charge in [-0.2, -0.15) is 11.8 Å². The van der Waals surface area contributed by atoms with E-state index in [4.69, 9.17) is 0 Å². The monoisotopic (exact) mass is 322 g/mol. The highest BCUT2D eigenvalue weighted by atomic mass is 32.2. The Balaban J connectivity index is 2.00. The zero-order chi connectivity index (χ0) is 15.3. The molecule has 0 fully saturated rings. The Bertz CT molecular complexity index is 597. The first kappa shape index (κ1) is 16.0. The van der Waals surface area contributed by atoms with Crippen LogP contribution >= 0.6 is 23.1 Å². The molecule has 1 aromatic carbocycles. The van der Waals surface area contributed by atoms with Crippen LogP contribution in [0.3, 0.4) is 0 Å². The Hall–Kier alpha value is -1.37. The van der Waals surface area contributed by atoms with Crippen molar-refractivity contribution in [2.75, 3.05) is 18.6 Å². The lowest BCUT2D eigenvalue weighted by Crippen LogP contribution is -2.42. The molecule has 2 aromatic rings. The quantitative estimate of drug-likeness (QED) is 0.858. The summed E-state index contributed by atoms with van der Waals surface area (Å²) in [4.78, 5) is 16.4. The minimum Gasteiger partial charge on any atom is -0.387 e. The van der Waals surface area contributed by atoms with Crippen LogP contribution in [-0.4, -0.2) is 40.2 Å². The van der Waals surface area contributed by atoms with Crippen molar-refractivity contribution in [2.45, 2.75) is 12.5 Å². The molecule has 6 heteroatoms. The molecule has 4 nitrogen and oxygen atoms in total. The summed E-state index contributed by atoms with van der Waals surface area (Å²) >= 11 is 2.98.